The quantitative estimate of drug-likeness (QED) is 0.404. The number of hydrogen-bond donors (Lipinski definition) is 0. The van der Waals surface area contributed by atoms with Gasteiger partial charge in [-0.2, -0.15) is 0 Å². The van der Waals surface area contributed by atoms with Crippen LogP contribution in [0.15, 0.2) is 23.3 Å². The molecule has 0 spiro atoms. The molecule has 3 nitrogen and oxygen atoms in total. The predicted molar refractivity (Wildman–Crippen MR) is 30.2 cm³/mol. The first kappa shape index (κ1) is 4.61. The molecule has 0 saturated carbocycles. The summed E-state index contributed by atoms with van der Waals surface area (Å²) in [6.45, 7) is 0.761. The Bertz CT molecular complexity index is 295. The van der Waals surface area contributed by atoms with E-state index >= 15 is 0 Å². The normalized spacial score (nSPS) is 13.8. The van der Waals surface area contributed by atoms with Gasteiger partial charge in [-0.25, -0.2) is 0 Å². The summed E-state index contributed by atoms with van der Waals surface area (Å²) >= 11 is 0. The Morgan fingerprint density at radius 2 is 2.56 bits per heavy atom. The van der Waals surface area contributed by atoms with Gasteiger partial charge < -0.3 is 0 Å². The maximum atomic E-state index is 4.14. The molecule has 0 saturated heterocycles. The summed E-state index contributed by atoms with van der Waals surface area (Å²) in [6, 6.07) is 3.82. The largest absolute Gasteiger partial charge is 0.342 e. The van der Waals surface area contributed by atoms with Gasteiger partial charge in [-0.15, -0.1) is 4.36 Å². The van der Waals surface area contributed by atoms with Crippen LogP contribution in [-0.2, 0) is 0 Å². The van der Waals surface area contributed by atoms with Gasteiger partial charge in [0.05, 0.1) is 6.20 Å². The molecule has 0 N–H and O–H groups in total. The van der Waals surface area contributed by atoms with E-state index in [-0.39, 0.29) is 0 Å². The number of fused-ring (bicyclic) bond motifs is 1. The molecule has 44 valence electrons. The smallest absolute Gasteiger partial charge is 0.102 e. The minimum atomic E-state index is 0.761. The fraction of sp³-hybridized carbons (Fsp3) is 0.167. The van der Waals surface area contributed by atoms with E-state index in [2.05, 4.69) is 10.1 Å². The topological polar surface area (TPSA) is 31.2 Å². The fourth-order valence-corrected chi connectivity index (χ4v) is 0.852. The molecule has 3 heteroatoms. The van der Waals surface area contributed by atoms with Gasteiger partial charge in [0, 0.05) is 6.07 Å². The van der Waals surface area contributed by atoms with E-state index in [9.17, 15) is 0 Å². The van der Waals surface area contributed by atoms with Crippen LogP contribution >= 0.6 is 0 Å². The minimum Gasteiger partial charge on any atom is -0.102 e. The van der Waals surface area contributed by atoms with Crippen molar-refractivity contribution in [1.29, 1.82) is 0 Å². The van der Waals surface area contributed by atoms with Crippen molar-refractivity contribution in [3.05, 3.63) is 30.0 Å². The van der Waals surface area contributed by atoms with Gasteiger partial charge in [0.15, 0.2) is 6.54 Å². The summed E-state index contributed by atoms with van der Waals surface area (Å²) in [4.78, 5) is 4.14. The van der Waals surface area contributed by atoms with Gasteiger partial charge in [0.2, 0.25) is 0 Å². The van der Waals surface area contributed by atoms with Crippen LogP contribution in [0.1, 0.15) is 0 Å². The summed E-state index contributed by atoms with van der Waals surface area (Å²) in [6.07, 6.45) is 3.69. The van der Waals surface area contributed by atoms with Crippen molar-refractivity contribution in [2.45, 2.75) is 0 Å². The third kappa shape index (κ3) is 0.614. The first-order chi connectivity index (χ1) is 4.47. The maximum absolute atomic E-state index is 4.14. The van der Waals surface area contributed by atoms with Crippen LogP contribution in [0.4, 0.5) is 0 Å². The summed E-state index contributed by atoms with van der Waals surface area (Å²) in [5.74, 6) is 0. The van der Waals surface area contributed by atoms with Crippen molar-refractivity contribution in [1.82, 2.24) is 5.10 Å². The lowest BCUT2D eigenvalue weighted by Gasteiger charge is -1.71. The number of nitrogens with zero attached hydrogens (tertiary/aromatic N) is 3. The van der Waals surface area contributed by atoms with Gasteiger partial charge in [-0.3, -0.25) is 0 Å². The lowest BCUT2D eigenvalue weighted by molar-refractivity contribution is -0.589. The van der Waals surface area contributed by atoms with E-state index in [1.54, 1.807) is 10.6 Å². The first-order valence-electron chi connectivity index (χ1n) is 2.84. The molecule has 0 fully saturated rings. The molecule has 1 aliphatic heterocycles. The highest BCUT2D eigenvalue weighted by molar-refractivity contribution is 4.79. The number of rotatable bonds is 0. The van der Waals surface area contributed by atoms with Crippen molar-refractivity contribution in [2.75, 3.05) is 6.54 Å². The maximum Gasteiger partial charge on any atom is 0.342 e. The minimum absolute atomic E-state index is 0.761. The molecule has 0 aliphatic carbocycles. The Morgan fingerprint density at radius 3 is 3.44 bits per heavy atom. The molecule has 9 heavy (non-hydrogen) atoms. The van der Waals surface area contributed by atoms with E-state index < -0.39 is 0 Å². The van der Waals surface area contributed by atoms with Crippen LogP contribution < -0.4 is 9.85 Å². The Hall–Kier alpha value is -1.25. The molecule has 0 atom stereocenters. The van der Waals surface area contributed by atoms with Crippen LogP contribution in [0, 0.1) is 6.21 Å². The Morgan fingerprint density at radius 1 is 1.56 bits per heavy atom. The SMILES string of the molecule is C1=[n+]2ncccc2=NC1. The first-order valence-corrected chi connectivity index (χ1v) is 2.84. The molecule has 2 rings (SSSR count). The molecular formula is C6H6N3+. The van der Waals surface area contributed by atoms with Crippen LogP contribution in [0.2, 0.25) is 0 Å². The molecule has 2 heterocycles. The van der Waals surface area contributed by atoms with Gasteiger partial charge >= 0.3 is 5.49 Å². The summed E-state index contributed by atoms with van der Waals surface area (Å²) in [5, 5.41) is 4.03. The number of hydrogen-bond acceptors (Lipinski definition) is 2. The molecule has 1 aromatic heterocycles. The zero-order chi connectivity index (χ0) is 6.10. The monoisotopic (exact) mass is 120 g/mol. The zero-order valence-corrected chi connectivity index (χ0v) is 4.86. The molecule has 0 unspecified atom stereocenters. The highest BCUT2D eigenvalue weighted by atomic mass is 15.2. The predicted octanol–water partition coefficient (Wildman–Crippen LogP) is -0.988. The van der Waals surface area contributed by atoms with Crippen molar-refractivity contribution in [3.63, 3.8) is 0 Å². The summed E-state index contributed by atoms with van der Waals surface area (Å²) < 4.78 is 1.78. The molecule has 0 bridgehead atoms. The Kier molecular flexibility index (Phi) is 0.828. The van der Waals surface area contributed by atoms with Crippen LogP contribution in [0.5, 0.6) is 0 Å². The van der Waals surface area contributed by atoms with E-state index in [1.165, 1.54) is 0 Å². The van der Waals surface area contributed by atoms with Gasteiger partial charge in [-0.1, -0.05) is 10.1 Å². The number of aromatic nitrogens is 2. The van der Waals surface area contributed by atoms with E-state index in [4.69, 9.17) is 0 Å². The van der Waals surface area contributed by atoms with Gasteiger partial charge in [0.1, 0.15) is 6.21 Å². The van der Waals surface area contributed by atoms with Crippen molar-refractivity contribution >= 4 is 0 Å². The Labute approximate surface area is 52.0 Å². The summed E-state index contributed by atoms with van der Waals surface area (Å²) in [7, 11) is 0. The third-order valence-electron chi connectivity index (χ3n) is 1.27. The van der Waals surface area contributed by atoms with Crippen LogP contribution in [-0.4, -0.2) is 11.6 Å². The van der Waals surface area contributed by atoms with Crippen LogP contribution in [0.25, 0.3) is 0 Å². The van der Waals surface area contributed by atoms with E-state index in [0.29, 0.717) is 0 Å². The molecule has 0 radical (unpaired) electrons. The van der Waals surface area contributed by atoms with Crippen LogP contribution in [0.3, 0.4) is 0 Å². The molecule has 1 aromatic rings. The van der Waals surface area contributed by atoms with Crippen molar-refractivity contribution in [3.8, 4) is 0 Å². The lowest BCUT2D eigenvalue weighted by Crippen LogP contribution is -2.37. The van der Waals surface area contributed by atoms with E-state index in [1.807, 2.05) is 18.3 Å². The molecule has 0 aromatic carbocycles. The third-order valence-corrected chi connectivity index (χ3v) is 1.27. The zero-order valence-electron chi connectivity index (χ0n) is 4.86. The fourth-order valence-electron chi connectivity index (χ4n) is 0.852. The molecule has 1 aliphatic rings. The summed E-state index contributed by atoms with van der Waals surface area (Å²) in [5.41, 5.74) is 0.942. The Balaban J connectivity index is 2.97. The second-order valence-electron chi connectivity index (χ2n) is 1.85. The molecular weight excluding hydrogens is 114 g/mol. The van der Waals surface area contributed by atoms with Gasteiger partial charge in [-0.05, 0) is 6.07 Å². The van der Waals surface area contributed by atoms with Crippen molar-refractivity contribution < 1.29 is 4.36 Å². The van der Waals surface area contributed by atoms with E-state index in [0.717, 1.165) is 12.0 Å². The average molecular weight is 120 g/mol. The lowest BCUT2D eigenvalue weighted by atomic mass is 10.6. The standard InChI is InChI=1S/C6H6N3/c1-2-6-7-4-5-9(6)8-3-1/h1-3,5H,4H2/q+1. The van der Waals surface area contributed by atoms with Gasteiger partial charge in [0.25, 0.3) is 0 Å². The second kappa shape index (κ2) is 1.62. The highest BCUT2D eigenvalue weighted by Gasteiger charge is 2.01. The second-order valence-corrected chi connectivity index (χ2v) is 1.85. The highest BCUT2D eigenvalue weighted by Crippen LogP contribution is 1.70. The average Bonchev–Trinajstić information content (AvgIpc) is 2.33. The molecule has 0 amide bonds. The van der Waals surface area contributed by atoms with Crippen molar-refractivity contribution in [2.24, 2.45) is 4.99 Å².